The first-order chi connectivity index (χ1) is 8.43. The van der Waals surface area contributed by atoms with E-state index in [1.807, 2.05) is 13.0 Å². The smallest absolute Gasteiger partial charge is 0.331 e. The largest absolute Gasteiger partial charge is 0.452 e. The van der Waals surface area contributed by atoms with Gasteiger partial charge in [-0.3, -0.25) is 0 Å². The summed E-state index contributed by atoms with van der Waals surface area (Å²) in [7, 11) is 0. The number of esters is 1. The molecule has 1 atom stereocenters. The van der Waals surface area contributed by atoms with Crippen molar-refractivity contribution in [3.05, 3.63) is 36.5 Å². The van der Waals surface area contributed by atoms with E-state index in [0.29, 0.717) is 0 Å². The quantitative estimate of drug-likeness (QED) is 0.358. The Morgan fingerprint density at radius 2 is 2.00 bits per heavy atom. The Hall–Kier alpha value is -1.31. The van der Waals surface area contributed by atoms with Gasteiger partial charge < -0.3 is 4.74 Å². The predicted octanol–water partition coefficient (Wildman–Crippen LogP) is 4.58. The molecule has 0 aliphatic carbocycles. The molecule has 0 rings (SSSR count). The lowest BCUT2D eigenvalue weighted by Gasteiger charge is -2.25. The molecule has 2 heteroatoms. The number of unbranched alkanes of at least 4 members (excludes halogenated alkanes) is 1. The Morgan fingerprint density at radius 1 is 1.33 bits per heavy atom. The topological polar surface area (TPSA) is 26.3 Å². The van der Waals surface area contributed by atoms with Gasteiger partial charge in [-0.1, -0.05) is 37.6 Å². The van der Waals surface area contributed by atoms with Gasteiger partial charge in [-0.2, -0.15) is 0 Å². The SMILES string of the molecule is C=CC(C)(CCC=C(C)C)OC(=O)C=CCCC. The highest BCUT2D eigenvalue weighted by Crippen LogP contribution is 2.20. The van der Waals surface area contributed by atoms with Gasteiger partial charge in [-0.15, -0.1) is 0 Å². The third-order valence-corrected chi connectivity index (χ3v) is 2.67. The number of allylic oxidation sites excluding steroid dienone is 3. The minimum Gasteiger partial charge on any atom is -0.452 e. The van der Waals surface area contributed by atoms with E-state index in [0.717, 1.165) is 25.7 Å². The molecule has 18 heavy (non-hydrogen) atoms. The summed E-state index contributed by atoms with van der Waals surface area (Å²) in [6, 6.07) is 0. The molecule has 0 aliphatic heterocycles. The van der Waals surface area contributed by atoms with Crippen molar-refractivity contribution >= 4 is 5.97 Å². The molecular formula is C16H26O2. The van der Waals surface area contributed by atoms with Gasteiger partial charge in [0.15, 0.2) is 0 Å². The van der Waals surface area contributed by atoms with Crippen LogP contribution in [0, 0.1) is 0 Å². The van der Waals surface area contributed by atoms with Gasteiger partial charge in [0, 0.05) is 6.08 Å². The van der Waals surface area contributed by atoms with E-state index < -0.39 is 5.60 Å². The van der Waals surface area contributed by atoms with Gasteiger partial charge in [-0.25, -0.2) is 4.79 Å². The van der Waals surface area contributed by atoms with Crippen molar-refractivity contribution in [1.82, 2.24) is 0 Å². The molecular weight excluding hydrogens is 224 g/mol. The molecule has 0 aromatic carbocycles. The molecule has 102 valence electrons. The highest BCUT2D eigenvalue weighted by atomic mass is 16.6. The van der Waals surface area contributed by atoms with Gasteiger partial charge in [0.05, 0.1) is 0 Å². The van der Waals surface area contributed by atoms with Crippen LogP contribution in [-0.2, 0) is 9.53 Å². The van der Waals surface area contributed by atoms with Crippen LogP contribution in [0.3, 0.4) is 0 Å². The number of carbonyl (C=O) groups excluding carboxylic acids is 1. The molecule has 0 aromatic rings. The third kappa shape index (κ3) is 7.88. The molecule has 0 heterocycles. The Morgan fingerprint density at radius 3 is 2.50 bits per heavy atom. The van der Waals surface area contributed by atoms with Crippen LogP contribution in [0.25, 0.3) is 0 Å². The number of hydrogen-bond donors (Lipinski definition) is 0. The summed E-state index contributed by atoms with van der Waals surface area (Å²) in [6.45, 7) is 11.8. The third-order valence-electron chi connectivity index (χ3n) is 2.67. The zero-order chi connectivity index (χ0) is 14.0. The molecule has 0 aromatic heterocycles. The number of carbonyl (C=O) groups is 1. The summed E-state index contributed by atoms with van der Waals surface area (Å²) < 4.78 is 5.44. The van der Waals surface area contributed by atoms with E-state index in [9.17, 15) is 4.79 Å². The summed E-state index contributed by atoms with van der Waals surface area (Å²) in [5.74, 6) is -0.289. The predicted molar refractivity (Wildman–Crippen MR) is 77.4 cm³/mol. The molecule has 0 spiro atoms. The average molecular weight is 250 g/mol. The van der Waals surface area contributed by atoms with Gasteiger partial charge in [0.25, 0.3) is 0 Å². The second-order valence-electron chi connectivity index (χ2n) is 4.95. The number of ether oxygens (including phenoxy) is 1. The van der Waals surface area contributed by atoms with Crippen molar-refractivity contribution in [2.75, 3.05) is 0 Å². The van der Waals surface area contributed by atoms with Crippen LogP contribution in [0.5, 0.6) is 0 Å². The van der Waals surface area contributed by atoms with E-state index in [-0.39, 0.29) is 5.97 Å². The molecule has 0 N–H and O–H groups in total. The first kappa shape index (κ1) is 16.7. The molecule has 1 unspecified atom stereocenters. The first-order valence-corrected chi connectivity index (χ1v) is 6.60. The maximum absolute atomic E-state index is 11.6. The van der Waals surface area contributed by atoms with Gasteiger partial charge in [0.2, 0.25) is 0 Å². The first-order valence-electron chi connectivity index (χ1n) is 6.60. The van der Waals surface area contributed by atoms with Gasteiger partial charge in [-0.05, 0) is 46.1 Å². The van der Waals surface area contributed by atoms with Crippen molar-refractivity contribution in [2.24, 2.45) is 0 Å². The fourth-order valence-electron chi connectivity index (χ4n) is 1.45. The average Bonchev–Trinajstić information content (AvgIpc) is 2.28. The molecule has 0 saturated heterocycles. The molecule has 2 nitrogen and oxygen atoms in total. The number of hydrogen-bond acceptors (Lipinski definition) is 2. The lowest BCUT2D eigenvalue weighted by molar-refractivity contribution is -0.148. The molecule has 0 aliphatic rings. The van der Waals surface area contributed by atoms with Crippen molar-refractivity contribution < 1.29 is 9.53 Å². The van der Waals surface area contributed by atoms with E-state index >= 15 is 0 Å². The Balaban J connectivity index is 4.33. The van der Waals surface area contributed by atoms with Gasteiger partial charge >= 0.3 is 5.97 Å². The van der Waals surface area contributed by atoms with Crippen molar-refractivity contribution in [2.45, 2.75) is 59.0 Å². The van der Waals surface area contributed by atoms with Crippen LogP contribution < -0.4 is 0 Å². The van der Waals surface area contributed by atoms with Crippen molar-refractivity contribution in [1.29, 1.82) is 0 Å². The van der Waals surface area contributed by atoms with Crippen molar-refractivity contribution in [3.8, 4) is 0 Å². The Bertz CT molecular complexity index is 322. The summed E-state index contributed by atoms with van der Waals surface area (Å²) in [4.78, 5) is 11.6. The highest BCUT2D eigenvalue weighted by Gasteiger charge is 2.23. The van der Waals surface area contributed by atoms with Crippen LogP contribution in [0.4, 0.5) is 0 Å². The lowest BCUT2D eigenvalue weighted by atomic mass is 9.99. The molecule has 0 amide bonds. The van der Waals surface area contributed by atoms with Crippen LogP contribution in [0.15, 0.2) is 36.5 Å². The summed E-state index contributed by atoms with van der Waals surface area (Å²) in [5.41, 5.74) is 0.690. The van der Waals surface area contributed by atoms with Crippen LogP contribution >= 0.6 is 0 Å². The maximum atomic E-state index is 11.6. The number of rotatable bonds is 8. The molecule has 0 radical (unpaired) electrons. The van der Waals surface area contributed by atoms with Crippen LogP contribution in [0.2, 0.25) is 0 Å². The van der Waals surface area contributed by atoms with E-state index in [1.165, 1.54) is 11.6 Å². The van der Waals surface area contributed by atoms with E-state index in [4.69, 9.17) is 4.74 Å². The summed E-state index contributed by atoms with van der Waals surface area (Å²) in [6.07, 6.45) is 10.8. The molecule has 0 fully saturated rings. The monoisotopic (exact) mass is 250 g/mol. The van der Waals surface area contributed by atoms with Gasteiger partial charge in [0.1, 0.15) is 5.60 Å². The van der Waals surface area contributed by atoms with Crippen molar-refractivity contribution in [3.63, 3.8) is 0 Å². The maximum Gasteiger partial charge on any atom is 0.331 e. The summed E-state index contributed by atoms with van der Waals surface area (Å²) in [5, 5.41) is 0. The normalized spacial score (nSPS) is 14.0. The summed E-state index contributed by atoms with van der Waals surface area (Å²) >= 11 is 0. The van der Waals surface area contributed by atoms with E-state index in [2.05, 4.69) is 33.4 Å². The zero-order valence-corrected chi connectivity index (χ0v) is 12.2. The highest BCUT2D eigenvalue weighted by molar-refractivity contribution is 5.82. The Kier molecular flexibility index (Phi) is 8.10. The fraction of sp³-hybridized carbons (Fsp3) is 0.562. The molecule has 0 saturated carbocycles. The Labute approximate surface area is 111 Å². The lowest BCUT2D eigenvalue weighted by Crippen LogP contribution is -2.28. The molecule has 0 bridgehead atoms. The minimum absolute atomic E-state index is 0.289. The second-order valence-corrected chi connectivity index (χ2v) is 4.95. The minimum atomic E-state index is -0.584. The van der Waals surface area contributed by atoms with Crippen LogP contribution in [0.1, 0.15) is 53.4 Å². The second kappa shape index (κ2) is 8.73. The fourth-order valence-corrected chi connectivity index (χ4v) is 1.45. The zero-order valence-electron chi connectivity index (χ0n) is 12.2. The standard InChI is InChI=1S/C16H26O2/c1-6-8-9-12-15(17)18-16(5,7-2)13-10-11-14(3)4/h7,9,11-12H,2,6,8,10,13H2,1,3-5H3. The van der Waals surface area contributed by atoms with E-state index in [1.54, 1.807) is 6.08 Å². The van der Waals surface area contributed by atoms with Crippen LogP contribution in [-0.4, -0.2) is 11.6 Å².